The van der Waals surface area contributed by atoms with Crippen LogP contribution in [0.5, 0.6) is 0 Å². The minimum absolute atomic E-state index is 0.0255. The molecule has 18 heavy (non-hydrogen) atoms. The molecule has 3 aliphatic rings. The van der Waals surface area contributed by atoms with Gasteiger partial charge in [0.05, 0.1) is 6.20 Å². The standard InChI is InChI=1S/C10H12N4O3S/c1-6-7-2-10(3-7,9(15)13-6)14-18(16,17)8-4-11-12-5-8/h4-5,7,14H,1-3H2,(H,11,12)(H,13,15). The van der Waals surface area contributed by atoms with E-state index >= 15 is 0 Å². The van der Waals surface area contributed by atoms with Crippen LogP contribution in [0, 0.1) is 5.92 Å². The average molecular weight is 268 g/mol. The number of piperidine rings is 2. The van der Waals surface area contributed by atoms with Crippen molar-refractivity contribution in [3.05, 3.63) is 24.7 Å². The minimum Gasteiger partial charge on any atom is -0.328 e. The topological polar surface area (TPSA) is 104 Å². The first-order chi connectivity index (χ1) is 8.43. The number of fused-ring (bicyclic) bond motifs is 2. The van der Waals surface area contributed by atoms with E-state index in [2.05, 4.69) is 26.8 Å². The summed E-state index contributed by atoms with van der Waals surface area (Å²) in [6.45, 7) is 3.74. The van der Waals surface area contributed by atoms with Crippen LogP contribution in [0.15, 0.2) is 29.6 Å². The fraction of sp³-hybridized carbons (Fsp3) is 0.400. The molecule has 2 saturated heterocycles. The van der Waals surface area contributed by atoms with Crippen molar-refractivity contribution in [2.45, 2.75) is 23.3 Å². The third kappa shape index (κ3) is 1.49. The molecule has 7 nitrogen and oxygen atoms in total. The zero-order chi connectivity index (χ0) is 13.0. The summed E-state index contributed by atoms with van der Waals surface area (Å²) in [5.74, 6) is -0.170. The van der Waals surface area contributed by atoms with E-state index < -0.39 is 15.6 Å². The largest absolute Gasteiger partial charge is 0.328 e. The lowest BCUT2D eigenvalue weighted by Gasteiger charge is -2.51. The predicted molar refractivity (Wildman–Crippen MR) is 61.6 cm³/mol. The molecule has 0 radical (unpaired) electrons. The summed E-state index contributed by atoms with van der Waals surface area (Å²) in [5.41, 5.74) is -0.355. The van der Waals surface area contributed by atoms with Gasteiger partial charge in [0, 0.05) is 17.8 Å². The second kappa shape index (κ2) is 3.42. The van der Waals surface area contributed by atoms with E-state index in [0.717, 1.165) is 0 Å². The zero-order valence-electron chi connectivity index (χ0n) is 9.43. The third-order valence-electron chi connectivity index (χ3n) is 3.50. The van der Waals surface area contributed by atoms with E-state index in [9.17, 15) is 13.2 Å². The van der Waals surface area contributed by atoms with Crippen LogP contribution >= 0.6 is 0 Å². The van der Waals surface area contributed by atoms with Crippen LogP contribution in [-0.4, -0.2) is 30.1 Å². The Morgan fingerprint density at radius 2 is 2.22 bits per heavy atom. The monoisotopic (exact) mass is 268 g/mol. The second-order valence-electron chi connectivity index (χ2n) is 4.71. The molecule has 3 heterocycles. The van der Waals surface area contributed by atoms with Crippen molar-refractivity contribution in [2.75, 3.05) is 0 Å². The summed E-state index contributed by atoms with van der Waals surface area (Å²) in [7, 11) is -3.72. The number of rotatable bonds is 3. The van der Waals surface area contributed by atoms with Gasteiger partial charge in [0.25, 0.3) is 0 Å². The van der Waals surface area contributed by atoms with Crippen molar-refractivity contribution in [1.29, 1.82) is 0 Å². The first-order valence-corrected chi connectivity index (χ1v) is 6.94. The molecular formula is C10H12N4O3S. The fourth-order valence-electron chi connectivity index (χ4n) is 2.41. The van der Waals surface area contributed by atoms with Crippen molar-refractivity contribution in [2.24, 2.45) is 5.92 Å². The van der Waals surface area contributed by atoms with Gasteiger partial charge in [-0.2, -0.15) is 9.82 Å². The Bertz CT molecular complexity index is 614. The van der Waals surface area contributed by atoms with Gasteiger partial charge in [-0.1, -0.05) is 6.58 Å². The molecule has 1 aromatic heterocycles. The van der Waals surface area contributed by atoms with E-state index in [1.165, 1.54) is 12.4 Å². The Labute approximate surface area is 104 Å². The Hall–Kier alpha value is -1.67. The number of carbonyl (C=O) groups excluding carboxylic acids is 1. The van der Waals surface area contributed by atoms with Gasteiger partial charge in [-0.15, -0.1) is 0 Å². The second-order valence-corrected chi connectivity index (χ2v) is 6.39. The maximum Gasteiger partial charge on any atom is 0.245 e. The molecule has 2 bridgehead atoms. The number of aromatic amines is 1. The Kier molecular flexibility index (Phi) is 2.17. The Morgan fingerprint density at radius 1 is 1.50 bits per heavy atom. The molecular weight excluding hydrogens is 256 g/mol. The summed E-state index contributed by atoms with van der Waals surface area (Å²) in [6, 6.07) is 0. The molecule has 2 aliphatic heterocycles. The van der Waals surface area contributed by atoms with E-state index in [1.807, 2.05) is 0 Å². The number of nitrogens with one attached hydrogen (secondary N) is 3. The third-order valence-corrected chi connectivity index (χ3v) is 5.01. The summed E-state index contributed by atoms with van der Waals surface area (Å²) in [6.07, 6.45) is 3.41. The molecule has 96 valence electrons. The number of hydrogen-bond acceptors (Lipinski definition) is 4. The molecule has 1 saturated carbocycles. The lowest BCUT2D eigenvalue weighted by molar-refractivity contribution is -0.134. The quantitative estimate of drug-likeness (QED) is 0.686. The number of nitrogens with zero attached hydrogens (tertiary/aromatic N) is 1. The average Bonchev–Trinajstić information content (AvgIpc) is 2.73. The normalized spacial score (nSPS) is 30.8. The van der Waals surface area contributed by atoms with Crippen LogP contribution in [0.25, 0.3) is 0 Å². The summed E-state index contributed by atoms with van der Waals surface area (Å²) in [4.78, 5) is 11.9. The highest BCUT2D eigenvalue weighted by atomic mass is 32.2. The molecule has 0 atom stereocenters. The fourth-order valence-corrected chi connectivity index (χ4v) is 3.70. The molecule has 1 aromatic rings. The van der Waals surface area contributed by atoms with Crippen LogP contribution in [0.1, 0.15) is 12.8 Å². The number of H-pyrrole nitrogens is 1. The van der Waals surface area contributed by atoms with Crippen molar-refractivity contribution >= 4 is 15.9 Å². The van der Waals surface area contributed by atoms with E-state index in [4.69, 9.17) is 0 Å². The first-order valence-electron chi connectivity index (χ1n) is 5.46. The molecule has 0 unspecified atom stereocenters. The van der Waals surface area contributed by atoms with Crippen LogP contribution in [0.2, 0.25) is 0 Å². The highest BCUT2D eigenvalue weighted by molar-refractivity contribution is 7.89. The van der Waals surface area contributed by atoms with Gasteiger partial charge in [-0.3, -0.25) is 9.89 Å². The first kappa shape index (κ1) is 11.4. The minimum atomic E-state index is -3.72. The molecule has 3 fully saturated rings. The highest BCUT2D eigenvalue weighted by Crippen LogP contribution is 2.45. The molecule has 0 aromatic carbocycles. The summed E-state index contributed by atoms with van der Waals surface area (Å²) in [5, 5.41) is 8.63. The SMILES string of the molecule is C=C1NC(=O)C2(NS(=O)(=O)c3cn[nH]c3)CC1C2. The van der Waals surface area contributed by atoms with Gasteiger partial charge in [-0.05, 0) is 12.8 Å². The Balaban J connectivity index is 1.87. The number of amides is 1. The maximum absolute atomic E-state index is 12.0. The summed E-state index contributed by atoms with van der Waals surface area (Å²) < 4.78 is 26.6. The van der Waals surface area contributed by atoms with Crippen LogP contribution < -0.4 is 10.0 Å². The molecule has 4 rings (SSSR count). The van der Waals surface area contributed by atoms with Gasteiger partial charge in [-0.25, -0.2) is 8.42 Å². The van der Waals surface area contributed by atoms with Crippen molar-refractivity contribution < 1.29 is 13.2 Å². The van der Waals surface area contributed by atoms with E-state index in [1.54, 1.807) is 0 Å². The molecule has 1 amide bonds. The molecule has 8 heteroatoms. The van der Waals surface area contributed by atoms with Crippen molar-refractivity contribution in [1.82, 2.24) is 20.2 Å². The number of sulfonamides is 1. The highest BCUT2D eigenvalue weighted by Gasteiger charge is 2.57. The van der Waals surface area contributed by atoms with E-state index in [-0.39, 0.29) is 16.7 Å². The molecule has 1 aliphatic carbocycles. The maximum atomic E-state index is 12.0. The van der Waals surface area contributed by atoms with Crippen LogP contribution in [-0.2, 0) is 14.8 Å². The van der Waals surface area contributed by atoms with Crippen LogP contribution in [0.3, 0.4) is 0 Å². The van der Waals surface area contributed by atoms with Gasteiger partial charge >= 0.3 is 0 Å². The summed E-state index contributed by atoms with van der Waals surface area (Å²) >= 11 is 0. The van der Waals surface area contributed by atoms with Gasteiger partial charge in [0.15, 0.2) is 0 Å². The van der Waals surface area contributed by atoms with E-state index in [0.29, 0.717) is 18.5 Å². The zero-order valence-corrected chi connectivity index (χ0v) is 10.3. The number of carbonyl (C=O) groups is 1. The number of aromatic nitrogens is 2. The van der Waals surface area contributed by atoms with Gasteiger partial charge in [0.2, 0.25) is 15.9 Å². The number of hydrogen-bond donors (Lipinski definition) is 3. The van der Waals surface area contributed by atoms with Crippen molar-refractivity contribution in [3.63, 3.8) is 0 Å². The lowest BCUT2D eigenvalue weighted by Crippen LogP contribution is -2.70. The van der Waals surface area contributed by atoms with Gasteiger partial charge in [0.1, 0.15) is 10.4 Å². The number of allylic oxidation sites excluding steroid dienone is 1. The molecule has 3 N–H and O–H groups in total. The predicted octanol–water partition coefficient (Wildman–Crippen LogP) is -0.520. The lowest BCUT2D eigenvalue weighted by atomic mass is 9.64. The Morgan fingerprint density at radius 3 is 2.78 bits per heavy atom. The smallest absolute Gasteiger partial charge is 0.245 e. The van der Waals surface area contributed by atoms with Crippen LogP contribution in [0.4, 0.5) is 0 Å². The molecule has 0 spiro atoms. The van der Waals surface area contributed by atoms with Crippen molar-refractivity contribution in [3.8, 4) is 0 Å². The van der Waals surface area contributed by atoms with Gasteiger partial charge < -0.3 is 5.32 Å².